The van der Waals surface area contributed by atoms with Crippen LogP contribution in [0.25, 0.3) is 11.4 Å². The molecule has 1 aliphatic carbocycles. The second kappa shape index (κ2) is 4.92. The quantitative estimate of drug-likeness (QED) is 0.801. The first kappa shape index (κ1) is 11.5. The first-order chi connectivity index (χ1) is 8.86. The predicted molar refractivity (Wildman–Crippen MR) is 72.3 cm³/mol. The van der Waals surface area contributed by atoms with Gasteiger partial charge in [0.15, 0.2) is 5.82 Å². The first-order valence-electron chi connectivity index (χ1n) is 6.83. The molecular weight excluding hydrogens is 222 g/mol. The fourth-order valence-electron chi connectivity index (χ4n) is 2.93. The molecule has 0 atom stereocenters. The van der Waals surface area contributed by atoms with Gasteiger partial charge in [-0.1, -0.05) is 49.6 Å². The van der Waals surface area contributed by atoms with Crippen LogP contribution in [0.1, 0.15) is 44.0 Å². The van der Waals surface area contributed by atoms with Crippen molar-refractivity contribution in [1.29, 1.82) is 0 Å². The van der Waals surface area contributed by atoms with Crippen LogP contribution in [0.3, 0.4) is 0 Å². The smallest absolute Gasteiger partial charge is 0.164 e. The van der Waals surface area contributed by atoms with Crippen LogP contribution in [0.5, 0.6) is 0 Å². The van der Waals surface area contributed by atoms with Crippen molar-refractivity contribution in [1.82, 2.24) is 14.8 Å². The SMILES string of the molecule is Cc1nnc(-c2ccccc2)n1C1CCCCC1. The van der Waals surface area contributed by atoms with Crippen LogP contribution >= 0.6 is 0 Å². The summed E-state index contributed by atoms with van der Waals surface area (Å²) in [5.41, 5.74) is 1.17. The van der Waals surface area contributed by atoms with Crippen LogP contribution in [0.2, 0.25) is 0 Å². The molecule has 1 aromatic carbocycles. The Bertz CT molecular complexity index is 510. The van der Waals surface area contributed by atoms with Crippen LogP contribution in [0, 0.1) is 6.92 Å². The zero-order valence-electron chi connectivity index (χ0n) is 10.8. The Morgan fingerprint density at radius 3 is 2.44 bits per heavy atom. The molecule has 3 heteroatoms. The number of rotatable bonds is 2. The highest BCUT2D eigenvalue weighted by Gasteiger charge is 2.21. The highest BCUT2D eigenvalue weighted by Crippen LogP contribution is 2.32. The summed E-state index contributed by atoms with van der Waals surface area (Å²) in [6.07, 6.45) is 6.56. The first-order valence-corrected chi connectivity index (χ1v) is 6.83. The monoisotopic (exact) mass is 241 g/mol. The van der Waals surface area contributed by atoms with Gasteiger partial charge in [-0.3, -0.25) is 0 Å². The summed E-state index contributed by atoms with van der Waals surface area (Å²) in [6, 6.07) is 11.0. The third-order valence-corrected chi connectivity index (χ3v) is 3.84. The van der Waals surface area contributed by atoms with E-state index >= 15 is 0 Å². The lowest BCUT2D eigenvalue weighted by atomic mass is 9.95. The van der Waals surface area contributed by atoms with Crippen LogP contribution in [-0.2, 0) is 0 Å². The van der Waals surface area contributed by atoms with Crippen molar-refractivity contribution in [3.8, 4) is 11.4 Å². The minimum Gasteiger partial charge on any atom is -0.308 e. The number of hydrogen-bond acceptors (Lipinski definition) is 2. The lowest BCUT2D eigenvalue weighted by Crippen LogP contribution is -2.15. The van der Waals surface area contributed by atoms with Crippen molar-refractivity contribution >= 4 is 0 Å². The van der Waals surface area contributed by atoms with Gasteiger partial charge in [0.1, 0.15) is 5.82 Å². The molecule has 1 aromatic heterocycles. The molecule has 1 heterocycles. The molecule has 0 unspecified atom stereocenters. The molecular formula is C15H19N3. The lowest BCUT2D eigenvalue weighted by molar-refractivity contribution is 0.350. The second-order valence-electron chi connectivity index (χ2n) is 5.10. The molecule has 2 aromatic rings. The minimum absolute atomic E-state index is 0.587. The molecule has 3 rings (SSSR count). The van der Waals surface area contributed by atoms with Gasteiger partial charge in [0, 0.05) is 11.6 Å². The minimum atomic E-state index is 0.587. The Morgan fingerprint density at radius 1 is 1.00 bits per heavy atom. The van der Waals surface area contributed by atoms with Crippen molar-refractivity contribution in [3.63, 3.8) is 0 Å². The molecule has 94 valence electrons. The van der Waals surface area contributed by atoms with Crippen molar-refractivity contribution in [3.05, 3.63) is 36.2 Å². The fourth-order valence-corrected chi connectivity index (χ4v) is 2.93. The Balaban J connectivity index is 2.01. The zero-order valence-corrected chi connectivity index (χ0v) is 10.8. The molecule has 1 aliphatic rings. The van der Waals surface area contributed by atoms with Crippen LogP contribution in [0.4, 0.5) is 0 Å². The average Bonchev–Trinajstić information content (AvgIpc) is 2.83. The molecule has 0 radical (unpaired) electrons. The van der Waals surface area contributed by atoms with E-state index in [2.05, 4.69) is 46.0 Å². The van der Waals surface area contributed by atoms with Gasteiger partial charge >= 0.3 is 0 Å². The molecule has 18 heavy (non-hydrogen) atoms. The molecule has 0 aliphatic heterocycles. The van der Waals surface area contributed by atoms with E-state index < -0.39 is 0 Å². The molecule has 0 spiro atoms. The van der Waals surface area contributed by atoms with E-state index in [1.165, 1.54) is 37.7 Å². The Kier molecular flexibility index (Phi) is 3.13. The van der Waals surface area contributed by atoms with Gasteiger partial charge in [-0.05, 0) is 19.8 Å². The van der Waals surface area contributed by atoms with Crippen molar-refractivity contribution in [2.45, 2.75) is 45.1 Å². The largest absolute Gasteiger partial charge is 0.308 e. The van der Waals surface area contributed by atoms with E-state index in [-0.39, 0.29) is 0 Å². The third-order valence-electron chi connectivity index (χ3n) is 3.84. The lowest BCUT2D eigenvalue weighted by Gasteiger charge is -2.25. The van der Waals surface area contributed by atoms with Gasteiger partial charge < -0.3 is 4.57 Å². The Labute approximate surface area is 108 Å². The number of benzene rings is 1. The molecule has 1 fully saturated rings. The van der Waals surface area contributed by atoms with E-state index in [0.29, 0.717) is 6.04 Å². The van der Waals surface area contributed by atoms with Crippen LogP contribution in [-0.4, -0.2) is 14.8 Å². The molecule has 1 saturated carbocycles. The highest BCUT2D eigenvalue weighted by molar-refractivity contribution is 5.55. The summed E-state index contributed by atoms with van der Waals surface area (Å²) in [4.78, 5) is 0. The number of aryl methyl sites for hydroxylation is 1. The average molecular weight is 241 g/mol. The van der Waals surface area contributed by atoms with Crippen LogP contribution in [0.15, 0.2) is 30.3 Å². The van der Waals surface area contributed by atoms with Crippen LogP contribution < -0.4 is 0 Å². The van der Waals surface area contributed by atoms with Gasteiger partial charge in [0.05, 0.1) is 0 Å². The summed E-state index contributed by atoms with van der Waals surface area (Å²) < 4.78 is 2.34. The van der Waals surface area contributed by atoms with Crippen molar-refractivity contribution in [2.24, 2.45) is 0 Å². The molecule has 0 amide bonds. The maximum atomic E-state index is 4.37. The fraction of sp³-hybridized carbons (Fsp3) is 0.467. The van der Waals surface area contributed by atoms with Gasteiger partial charge in [-0.2, -0.15) is 0 Å². The second-order valence-corrected chi connectivity index (χ2v) is 5.10. The summed E-state index contributed by atoms with van der Waals surface area (Å²) in [6.45, 7) is 2.06. The van der Waals surface area contributed by atoms with E-state index in [1.807, 2.05) is 6.07 Å². The van der Waals surface area contributed by atoms with Crippen molar-refractivity contribution in [2.75, 3.05) is 0 Å². The van der Waals surface area contributed by atoms with Crippen molar-refractivity contribution < 1.29 is 0 Å². The maximum absolute atomic E-state index is 4.37. The zero-order chi connectivity index (χ0) is 12.4. The Hall–Kier alpha value is -1.64. The van der Waals surface area contributed by atoms with E-state index in [9.17, 15) is 0 Å². The van der Waals surface area contributed by atoms with Gasteiger partial charge in [0.2, 0.25) is 0 Å². The summed E-state index contributed by atoms with van der Waals surface area (Å²) in [5, 5.41) is 8.66. The summed E-state index contributed by atoms with van der Waals surface area (Å²) in [5.74, 6) is 2.07. The van der Waals surface area contributed by atoms with Gasteiger partial charge in [0.25, 0.3) is 0 Å². The highest BCUT2D eigenvalue weighted by atomic mass is 15.3. The normalized spacial score (nSPS) is 16.9. The molecule has 3 nitrogen and oxygen atoms in total. The van der Waals surface area contributed by atoms with Gasteiger partial charge in [-0.25, -0.2) is 0 Å². The molecule has 0 bridgehead atoms. The standard InChI is InChI=1S/C15H19N3/c1-12-16-17-15(13-8-4-2-5-9-13)18(12)14-10-6-3-7-11-14/h2,4-5,8-9,14H,3,6-7,10-11H2,1H3. The topological polar surface area (TPSA) is 30.7 Å². The summed E-state index contributed by atoms with van der Waals surface area (Å²) >= 11 is 0. The third kappa shape index (κ3) is 2.05. The van der Waals surface area contributed by atoms with Gasteiger partial charge in [-0.15, -0.1) is 10.2 Å². The Morgan fingerprint density at radius 2 is 1.72 bits per heavy atom. The maximum Gasteiger partial charge on any atom is 0.164 e. The number of aromatic nitrogens is 3. The predicted octanol–water partition coefficient (Wildman–Crippen LogP) is 3.76. The molecule has 0 saturated heterocycles. The van der Waals surface area contributed by atoms with E-state index in [0.717, 1.165) is 11.6 Å². The van der Waals surface area contributed by atoms with E-state index in [1.54, 1.807) is 0 Å². The number of hydrogen-bond donors (Lipinski definition) is 0. The summed E-state index contributed by atoms with van der Waals surface area (Å²) in [7, 11) is 0. The molecule has 0 N–H and O–H groups in total. The number of nitrogens with zero attached hydrogens (tertiary/aromatic N) is 3. The van der Waals surface area contributed by atoms with E-state index in [4.69, 9.17) is 0 Å².